The van der Waals surface area contributed by atoms with Crippen LogP contribution in [0.5, 0.6) is 5.88 Å². The molecule has 3 rings (SSSR count). The van der Waals surface area contributed by atoms with Crippen molar-refractivity contribution >= 4 is 35.8 Å². The van der Waals surface area contributed by atoms with Crippen LogP contribution in [0.3, 0.4) is 0 Å². The monoisotopic (exact) mass is 544 g/mol. The molecule has 1 aliphatic heterocycles. The van der Waals surface area contributed by atoms with Crippen LogP contribution in [0.25, 0.3) is 0 Å². The van der Waals surface area contributed by atoms with Crippen LogP contribution in [0.15, 0.2) is 41.7 Å². The van der Waals surface area contributed by atoms with Crippen molar-refractivity contribution in [1.29, 1.82) is 0 Å². The van der Waals surface area contributed by atoms with Crippen LogP contribution >= 0.6 is 24.0 Å². The Hall–Kier alpha value is -2.21. The Morgan fingerprint density at radius 3 is 2.87 bits per heavy atom. The minimum absolute atomic E-state index is 0. The van der Waals surface area contributed by atoms with Gasteiger partial charge in [0.2, 0.25) is 5.88 Å². The molecule has 1 saturated heterocycles. The number of nitrogens with one attached hydrogen (secondary N) is 2. The molecule has 0 amide bonds. The van der Waals surface area contributed by atoms with Crippen LogP contribution in [-0.2, 0) is 11.3 Å². The summed E-state index contributed by atoms with van der Waals surface area (Å²) in [6, 6.07) is 6.99. The Balaban J connectivity index is 0.00000341. The second-order valence-electron chi connectivity index (χ2n) is 6.93. The Bertz CT molecular complexity index is 824. The molecular weight excluding hydrogens is 514 g/mol. The molecule has 0 radical (unpaired) electrons. The molecule has 0 aromatic carbocycles. The average Bonchev–Trinajstić information content (AvgIpc) is 3.22. The Morgan fingerprint density at radius 1 is 1.29 bits per heavy atom. The van der Waals surface area contributed by atoms with E-state index in [1.807, 2.05) is 24.0 Å². The summed E-state index contributed by atoms with van der Waals surface area (Å²) in [5.41, 5.74) is 0.981. The third-order valence-corrected chi connectivity index (χ3v) is 4.67. The van der Waals surface area contributed by atoms with E-state index in [1.54, 1.807) is 25.6 Å². The van der Waals surface area contributed by atoms with Crippen molar-refractivity contribution in [2.24, 2.45) is 4.99 Å². The van der Waals surface area contributed by atoms with Gasteiger partial charge in [0.05, 0.1) is 13.2 Å². The number of hydrogen-bond donors (Lipinski definition) is 2. The highest BCUT2D eigenvalue weighted by atomic mass is 127. The fourth-order valence-corrected chi connectivity index (χ4v) is 3.18. The first-order chi connectivity index (χ1) is 14.7. The van der Waals surface area contributed by atoms with Crippen molar-refractivity contribution in [3.63, 3.8) is 0 Å². The lowest BCUT2D eigenvalue weighted by Crippen LogP contribution is -2.44. The molecule has 2 aromatic rings. The fraction of sp³-hybridized carbons (Fsp3) is 0.476. The van der Waals surface area contributed by atoms with Gasteiger partial charge in [-0.1, -0.05) is 6.07 Å². The molecule has 1 atom stereocenters. The van der Waals surface area contributed by atoms with E-state index in [4.69, 9.17) is 9.47 Å². The molecule has 10 heteroatoms. The van der Waals surface area contributed by atoms with E-state index in [0.29, 0.717) is 38.0 Å². The van der Waals surface area contributed by atoms with Gasteiger partial charge >= 0.3 is 0 Å². The molecule has 2 aromatic heterocycles. The third-order valence-electron chi connectivity index (χ3n) is 4.67. The molecule has 31 heavy (non-hydrogen) atoms. The number of aliphatic imine (C=N–C) groups is 1. The summed E-state index contributed by atoms with van der Waals surface area (Å²) in [5.74, 6) is 1.41. The molecule has 1 aliphatic rings. The summed E-state index contributed by atoms with van der Waals surface area (Å²) in [4.78, 5) is 15.1. The number of methoxy groups -OCH3 is 1. The Kier molecular flexibility index (Phi) is 10.7. The van der Waals surface area contributed by atoms with Crippen LogP contribution in [-0.4, -0.2) is 61.9 Å². The summed E-state index contributed by atoms with van der Waals surface area (Å²) in [6.45, 7) is 5.68. The van der Waals surface area contributed by atoms with Crippen molar-refractivity contribution in [3.8, 4) is 5.88 Å². The maximum Gasteiger partial charge on any atom is 0.213 e. The second kappa shape index (κ2) is 13.3. The van der Waals surface area contributed by atoms with Crippen LogP contribution in [0.4, 0.5) is 10.2 Å². The van der Waals surface area contributed by atoms with Gasteiger partial charge in [-0.25, -0.2) is 19.4 Å². The number of hydrogen-bond acceptors (Lipinski definition) is 6. The summed E-state index contributed by atoms with van der Waals surface area (Å²) in [7, 11) is 1.63. The van der Waals surface area contributed by atoms with Crippen molar-refractivity contribution < 1.29 is 13.9 Å². The van der Waals surface area contributed by atoms with Crippen molar-refractivity contribution in [1.82, 2.24) is 20.6 Å². The zero-order valence-electron chi connectivity index (χ0n) is 17.9. The van der Waals surface area contributed by atoms with E-state index in [0.717, 1.165) is 31.0 Å². The number of anilines is 1. The number of pyridine rings is 2. The SMILES string of the molecule is CCNC(=NCc1ccc(OCCOC)nc1)NC1CCN(c2ncccc2F)C1.I. The molecule has 170 valence electrons. The van der Waals surface area contributed by atoms with Crippen molar-refractivity contribution in [2.45, 2.75) is 25.9 Å². The van der Waals surface area contributed by atoms with E-state index >= 15 is 0 Å². The van der Waals surface area contributed by atoms with Crippen molar-refractivity contribution in [2.75, 3.05) is 44.9 Å². The minimum atomic E-state index is -0.291. The highest BCUT2D eigenvalue weighted by Crippen LogP contribution is 2.20. The molecule has 3 heterocycles. The molecule has 2 N–H and O–H groups in total. The quantitative estimate of drug-likeness (QED) is 0.217. The first-order valence-corrected chi connectivity index (χ1v) is 10.2. The highest BCUT2D eigenvalue weighted by Gasteiger charge is 2.25. The molecule has 0 spiro atoms. The lowest BCUT2D eigenvalue weighted by molar-refractivity contribution is 0.143. The van der Waals surface area contributed by atoms with Gasteiger partial charge in [0, 0.05) is 51.2 Å². The molecule has 0 bridgehead atoms. The maximum atomic E-state index is 14.0. The number of rotatable bonds is 9. The standard InChI is InChI=1S/C21H29FN6O2.HI/c1-3-23-21(26-14-16-6-7-19(25-13-16)30-12-11-29-2)27-17-8-10-28(15-17)20-18(22)5-4-9-24-20;/h4-7,9,13,17H,3,8,10-12,14-15H2,1-2H3,(H2,23,26,27);1H. The van der Waals surface area contributed by atoms with Crippen molar-refractivity contribution in [3.05, 3.63) is 48.0 Å². The van der Waals surface area contributed by atoms with Crippen LogP contribution in [0.1, 0.15) is 18.9 Å². The number of ether oxygens (including phenoxy) is 2. The predicted octanol–water partition coefficient (Wildman–Crippen LogP) is 2.59. The first-order valence-electron chi connectivity index (χ1n) is 10.2. The smallest absolute Gasteiger partial charge is 0.213 e. The highest BCUT2D eigenvalue weighted by molar-refractivity contribution is 14.0. The van der Waals surface area contributed by atoms with E-state index in [-0.39, 0.29) is 35.8 Å². The summed E-state index contributed by atoms with van der Waals surface area (Å²) >= 11 is 0. The van der Waals surface area contributed by atoms with Gasteiger partial charge in [0.25, 0.3) is 0 Å². The van der Waals surface area contributed by atoms with E-state index in [2.05, 4.69) is 25.6 Å². The second-order valence-corrected chi connectivity index (χ2v) is 6.93. The fourth-order valence-electron chi connectivity index (χ4n) is 3.18. The first kappa shape index (κ1) is 25.1. The van der Waals surface area contributed by atoms with Gasteiger partial charge in [0.15, 0.2) is 17.6 Å². The molecule has 0 aliphatic carbocycles. The molecule has 1 fully saturated rings. The Morgan fingerprint density at radius 2 is 2.16 bits per heavy atom. The van der Waals surface area contributed by atoms with E-state index in [1.165, 1.54) is 6.07 Å². The molecule has 1 unspecified atom stereocenters. The summed E-state index contributed by atoms with van der Waals surface area (Å²) in [6.07, 6.45) is 4.26. The molecule has 0 saturated carbocycles. The number of nitrogens with zero attached hydrogens (tertiary/aromatic N) is 4. The van der Waals surface area contributed by atoms with Gasteiger partial charge < -0.3 is 25.0 Å². The number of aromatic nitrogens is 2. The predicted molar refractivity (Wildman–Crippen MR) is 130 cm³/mol. The zero-order valence-corrected chi connectivity index (χ0v) is 20.2. The van der Waals surface area contributed by atoms with E-state index in [9.17, 15) is 4.39 Å². The lowest BCUT2D eigenvalue weighted by Gasteiger charge is -2.20. The van der Waals surface area contributed by atoms with Gasteiger partial charge in [-0.2, -0.15) is 0 Å². The minimum Gasteiger partial charge on any atom is -0.475 e. The Labute approximate surface area is 199 Å². The molecular formula is C21H30FIN6O2. The summed E-state index contributed by atoms with van der Waals surface area (Å²) < 4.78 is 24.4. The van der Waals surface area contributed by atoms with Crippen LogP contribution < -0.4 is 20.3 Å². The van der Waals surface area contributed by atoms with Crippen LogP contribution in [0, 0.1) is 5.82 Å². The van der Waals surface area contributed by atoms with Gasteiger partial charge in [-0.05, 0) is 31.0 Å². The van der Waals surface area contributed by atoms with Crippen LogP contribution in [0.2, 0.25) is 0 Å². The third kappa shape index (κ3) is 7.76. The molecule has 8 nitrogen and oxygen atoms in total. The average molecular weight is 544 g/mol. The lowest BCUT2D eigenvalue weighted by atomic mass is 10.2. The normalized spacial score (nSPS) is 16.0. The number of halogens is 2. The van der Waals surface area contributed by atoms with Gasteiger partial charge in [-0.15, -0.1) is 24.0 Å². The topological polar surface area (TPSA) is 83.9 Å². The maximum absolute atomic E-state index is 14.0. The largest absolute Gasteiger partial charge is 0.475 e. The number of guanidine groups is 1. The van der Waals surface area contributed by atoms with Gasteiger partial charge in [-0.3, -0.25) is 0 Å². The zero-order chi connectivity index (χ0) is 21.2. The van der Waals surface area contributed by atoms with Gasteiger partial charge in [0.1, 0.15) is 6.61 Å². The van der Waals surface area contributed by atoms with E-state index < -0.39 is 0 Å². The summed E-state index contributed by atoms with van der Waals surface area (Å²) in [5, 5.41) is 6.70.